The third-order valence-electron chi connectivity index (χ3n) is 3.31. The van der Waals surface area contributed by atoms with Gasteiger partial charge in [0.05, 0.1) is 6.67 Å². The number of rotatable bonds is 8. The third-order valence-corrected chi connectivity index (χ3v) is 3.31. The summed E-state index contributed by atoms with van der Waals surface area (Å²) in [6.07, 6.45) is 9.85. The van der Waals surface area contributed by atoms with Crippen LogP contribution in [0.25, 0.3) is 0 Å². The average Bonchev–Trinajstić information content (AvgIpc) is 2.65. The van der Waals surface area contributed by atoms with E-state index in [0.717, 1.165) is 18.5 Å². The molecule has 0 bridgehead atoms. The fraction of sp³-hybridized carbons (Fsp3) is 0.867. The van der Waals surface area contributed by atoms with E-state index in [4.69, 9.17) is 0 Å². The van der Waals surface area contributed by atoms with Crippen LogP contribution in [0.15, 0.2) is 12.4 Å². The lowest BCUT2D eigenvalue weighted by Crippen LogP contribution is -2.27. The Labute approximate surface area is 108 Å². The monoisotopic (exact) mass is 238 g/mol. The summed E-state index contributed by atoms with van der Waals surface area (Å²) < 4.78 is 0. The number of hydrogen-bond donors (Lipinski definition) is 0. The highest BCUT2D eigenvalue weighted by molar-refractivity contribution is 4.90. The summed E-state index contributed by atoms with van der Waals surface area (Å²) in [6, 6.07) is 0. The molecule has 0 aliphatic carbocycles. The molecule has 0 saturated heterocycles. The smallest absolute Gasteiger partial charge is 0.0893 e. The molecule has 1 aliphatic rings. The molecule has 0 atom stereocenters. The first-order valence-electron chi connectivity index (χ1n) is 7.24. The molecule has 0 unspecified atom stereocenters. The molecule has 0 aromatic heterocycles. The highest BCUT2D eigenvalue weighted by atomic mass is 15.3. The lowest BCUT2D eigenvalue weighted by Gasteiger charge is -2.21. The van der Waals surface area contributed by atoms with Crippen LogP contribution >= 0.6 is 0 Å². The van der Waals surface area contributed by atoms with Crippen molar-refractivity contribution >= 4 is 0 Å². The SMILES string of the molecule is CC(C)CCCN1C=CN(CCCC(C)C)C1. The second-order valence-electron chi connectivity index (χ2n) is 6.14. The molecular formula is C15H30N2. The predicted molar refractivity (Wildman–Crippen MR) is 75.6 cm³/mol. The minimum absolute atomic E-state index is 0.837. The van der Waals surface area contributed by atoms with Crippen LogP contribution in [0.2, 0.25) is 0 Å². The van der Waals surface area contributed by atoms with Crippen molar-refractivity contribution in [2.24, 2.45) is 11.8 Å². The van der Waals surface area contributed by atoms with Crippen molar-refractivity contribution < 1.29 is 0 Å². The van der Waals surface area contributed by atoms with Gasteiger partial charge in [-0.2, -0.15) is 0 Å². The lowest BCUT2D eigenvalue weighted by atomic mass is 10.1. The zero-order chi connectivity index (χ0) is 12.7. The van der Waals surface area contributed by atoms with Crippen LogP contribution in [-0.4, -0.2) is 29.6 Å². The van der Waals surface area contributed by atoms with Gasteiger partial charge in [0.1, 0.15) is 0 Å². The van der Waals surface area contributed by atoms with Crippen LogP contribution in [0.1, 0.15) is 53.4 Å². The molecule has 1 heterocycles. The normalized spacial score (nSPS) is 15.6. The van der Waals surface area contributed by atoms with Crippen molar-refractivity contribution in [2.45, 2.75) is 53.4 Å². The zero-order valence-electron chi connectivity index (χ0n) is 12.2. The van der Waals surface area contributed by atoms with Crippen molar-refractivity contribution in [3.05, 3.63) is 12.4 Å². The molecule has 0 aromatic carbocycles. The second kappa shape index (κ2) is 7.62. The average molecular weight is 238 g/mol. The fourth-order valence-corrected chi connectivity index (χ4v) is 2.21. The van der Waals surface area contributed by atoms with E-state index in [0.29, 0.717) is 0 Å². The van der Waals surface area contributed by atoms with Gasteiger partial charge in [-0.3, -0.25) is 0 Å². The summed E-state index contributed by atoms with van der Waals surface area (Å²) in [5, 5.41) is 0. The second-order valence-corrected chi connectivity index (χ2v) is 6.14. The summed E-state index contributed by atoms with van der Waals surface area (Å²) in [5.41, 5.74) is 0. The first-order chi connectivity index (χ1) is 8.08. The standard InChI is InChI=1S/C15H30N2/c1-14(2)7-5-9-16-11-12-17(13-16)10-6-8-15(3)4/h11-12,14-15H,5-10,13H2,1-4H3. The van der Waals surface area contributed by atoms with Crippen LogP contribution in [0.4, 0.5) is 0 Å². The molecule has 0 N–H and O–H groups in total. The first-order valence-corrected chi connectivity index (χ1v) is 7.24. The van der Waals surface area contributed by atoms with Crippen LogP contribution in [0.3, 0.4) is 0 Å². The molecule has 0 radical (unpaired) electrons. The Hall–Kier alpha value is -0.660. The van der Waals surface area contributed by atoms with Crippen LogP contribution in [-0.2, 0) is 0 Å². The Morgan fingerprint density at radius 2 is 1.24 bits per heavy atom. The maximum Gasteiger partial charge on any atom is 0.0893 e. The maximum atomic E-state index is 2.44. The molecule has 100 valence electrons. The van der Waals surface area contributed by atoms with E-state index < -0.39 is 0 Å². The highest BCUT2D eigenvalue weighted by Gasteiger charge is 2.11. The van der Waals surface area contributed by atoms with Gasteiger partial charge >= 0.3 is 0 Å². The molecule has 2 nitrogen and oxygen atoms in total. The molecule has 0 amide bonds. The van der Waals surface area contributed by atoms with Crippen LogP contribution in [0, 0.1) is 11.8 Å². The summed E-state index contributed by atoms with van der Waals surface area (Å²) in [4.78, 5) is 4.88. The van der Waals surface area contributed by atoms with Crippen molar-refractivity contribution in [1.29, 1.82) is 0 Å². The van der Waals surface area contributed by atoms with E-state index in [-0.39, 0.29) is 0 Å². The van der Waals surface area contributed by atoms with Gasteiger partial charge in [-0.1, -0.05) is 27.7 Å². The molecule has 0 fully saturated rings. The van der Waals surface area contributed by atoms with E-state index in [1.54, 1.807) is 0 Å². The zero-order valence-corrected chi connectivity index (χ0v) is 12.2. The summed E-state index contributed by atoms with van der Waals surface area (Å²) in [5.74, 6) is 1.67. The molecule has 1 aliphatic heterocycles. The summed E-state index contributed by atoms with van der Waals surface area (Å²) in [6.45, 7) is 12.8. The van der Waals surface area contributed by atoms with Crippen molar-refractivity contribution in [1.82, 2.24) is 9.80 Å². The van der Waals surface area contributed by atoms with Gasteiger partial charge in [-0.05, 0) is 37.5 Å². The highest BCUT2D eigenvalue weighted by Crippen LogP contribution is 2.12. The molecule has 1 rings (SSSR count). The lowest BCUT2D eigenvalue weighted by molar-refractivity contribution is 0.253. The predicted octanol–water partition coefficient (Wildman–Crippen LogP) is 3.91. The van der Waals surface area contributed by atoms with Gasteiger partial charge in [-0.15, -0.1) is 0 Å². The molecule has 2 heteroatoms. The van der Waals surface area contributed by atoms with E-state index in [1.807, 2.05) is 0 Å². The van der Waals surface area contributed by atoms with Gasteiger partial charge in [0.2, 0.25) is 0 Å². The first kappa shape index (κ1) is 14.4. The molecule has 0 saturated carbocycles. The van der Waals surface area contributed by atoms with E-state index >= 15 is 0 Å². The molecule has 0 spiro atoms. The largest absolute Gasteiger partial charge is 0.359 e. The third kappa shape index (κ3) is 6.60. The Kier molecular flexibility index (Phi) is 6.46. The topological polar surface area (TPSA) is 6.48 Å². The van der Waals surface area contributed by atoms with Gasteiger partial charge in [0, 0.05) is 25.5 Å². The van der Waals surface area contributed by atoms with Crippen molar-refractivity contribution in [3.63, 3.8) is 0 Å². The van der Waals surface area contributed by atoms with Gasteiger partial charge in [0.15, 0.2) is 0 Å². The molecular weight excluding hydrogens is 208 g/mol. The van der Waals surface area contributed by atoms with Gasteiger partial charge in [-0.25, -0.2) is 0 Å². The van der Waals surface area contributed by atoms with E-state index in [2.05, 4.69) is 49.9 Å². The van der Waals surface area contributed by atoms with Crippen molar-refractivity contribution in [2.75, 3.05) is 19.8 Å². The Morgan fingerprint density at radius 1 is 0.824 bits per heavy atom. The molecule has 0 aromatic rings. The van der Waals surface area contributed by atoms with Crippen LogP contribution < -0.4 is 0 Å². The number of hydrogen-bond acceptors (Lipinski definition) is 2. The fourth-order valence-electron chi connectivity index (χ4n) is 2.21. The Balaban J connectivity index is 2.05. The summed E-state index contributed by atoms with van der Waals surface area (Å²) in [7, 11) is 0. The van der Waals surface area contributed by atoms with Gasteiger partial charge < -0.3 is 9.80 Å². The van der Waals surface area contributed by atoms with Crippen LogP contribution in [0.5, 0.6) is 0 Å². The minimum Gasteiger partial charge on any atom is -0.359 e. The van der Waals surface area contributed by atoms with Crippen molar-refractivity contribution in [3.8, 4) is 0 Å². The summed E-state index contributed by atoms with van der Waals surface area (Å²) >= 11 is 0. The Bertz CT molecular complexity index is 199. The molecule has 17 heavy (non-hydrogen) atoms. The Morgan fingerprint density at radius 3 is 1.59 bits per heavy atom. The van der Waals surface area contributed by atoms with Gasteiger partial charge in [0.25, 0.3) is 0 Å². The quantitative estimate of drug-likeness (QED) is 0.632. The van der Waals surface area contributed by atoms with E-state index in [1.165, 1.54) is 38.8 Å². The minimum atomic E-state index is 0.837. The van der Waals surface area contributed by atoms with E-state index in [9.17, 15) is 0 Å². The maximum absolute atomic E-state index is 2.44. The number of nitrogens with zero attached hydrogens (tertiary/aromatic N) is 2.